The first kappa shape index (κ1) is 18.7. The number of benzene rings is 2. The van der Waals surface area contributed by atoms with E-state index in [0.717, 1.165) is 42.6 Å². The van der Waals surface area contributed by atoms with Crippen molar-refractivity contribution >= 4 is 11.0 Å². The van der Waals surface area contributed by atoms with Gasteiger partial charge in [0.25, 0.3) is 5.58 Å². The standard InChI is InChI=1S/C23H23O.Y/c1-3-9-19-15-18-12-7-8-13-20(18)22-16(2)14-21(24-23(19)22)17-10-5-4-6-11-17;/h4-6,10-11,14H,1,3,7-9,12-13H2,2H3;/q-1;. The molecule has 2 heteroatoms. The third kappa shape index (κ3) is 3.59. The largest absolute Gasteiger partial charge is 0.344 e. The van der Waals surface area contributed by atoms with Crippen LogP contribution in [0.5, 0.6) is 0 Å². The van der Waals surface area contributed by atoms with Crippen molar-refractivity contribution in [2.45, 2.75) is 45.4 Å². The first-order chi connectivity index (χ1) is 11.8. The van der Waals surface area contributed by atoms with Crippen molar-refractivity contribution in [3.63, 3.8) is 0 Å². The van der Waals surface area contributed by atoms with Gasteiger partial charge in [0.15, 0.2) is 0 Å². The molecule has 3 aromatic rings. The van der Waals surface area contributed by atoms with E-state index in [2.05, 4.69) is 50.2 Å². The van der Waals surface area contributed by atoms with Gasteiger partial charge in [0.2, 0.25) is 0 Å². The normalized spacial score (nSPS) is 13.4. The van der Waals surface area contributed by atoms with Crippen LogP contribution in [0.25, 0.3) is 22.3 Å². The minimum Gasteiger partial charge on any atom is -0.343 e. The van der Waals surface area contributed by atoms with Crippen molar-refractivity contribution in [3.8, 4) is 11.3 Å². The van der Waals surface area contributed by atoms with E-state index in [1.54, 1.807) is 0 Å². The van der Waals surface area contributed by atoms with Crippen molar-refractivity contribution in [2.75, 3.05) is 0 Å². The second-order valence-electron chi connectivity index (χ2n) is 6.74. The van der Waals surface area contributed by atoms with Gasteiger partial charge in [-0.25, -0.2) is 0 Å². The van der Waals surface area contributed by atoms with Crippen LogP contribution in [-0.2, 0) is 52.0 Å². The maximum atomic E-state index is 6.42. The molecule has 1 heterocycles. The quantitative estimate of drug-likeness (QED) is 0.377. The van der Waals surface area contributed by atoms with E-state index in [-0.39, 0.29) is 32.7 Å². The van der Waals surface area contributed by atoms with Gasteiger partial charge in [0, 0.05) is 38.8 Å². The predicted molar refractivity (Wildman–Crippen MR) is 100.0 cm³/mol. The number of rotatable bonds is 3. The smallest absolute Gasteiger partial charge is 0.343 e. The predicted octanol–water partition coefficient (Wildman–Crippen LogP) is 6.13. The second-order valence-corrected chi connectivity index (χ2v) is 6.74. The molecule has 0 fully saturated rings. The van der Waals surface area contributed by atoms with E-state index in [0.29, 0.717) is 0 Å². The van der Waals surface area contributed by atoms with Crippen LogP contribution in [0.3, 0.4) is 0 Å². The van der Waals surface area contributed by atoms with E-state index in [9.17, 15) is 0 Å². The van der Waals surface area contributed by atoms with Crippen LogP contribution in [0.15, 0.2) is 40.8 Å². The fourth-order valence-corrected chi connectivity index (χ4v) is 3.88. The fourth-order valence-electron chi connectivity index (χ4n) is 3.88. The first-order valence-electron chi connectivity index (χ1n) is 8.96. The summed E-state index contributed by atoms with van der Waals surface area (Å²) >= 11 is 0. The number of hydrogen-bond acceptors (Lipinski definition) is 0. The second kappa shape index (κ2) is 8.10. The molecule has 0 amide bonds. The summed E-state index contributed by atoms with van der Waals surface area (Å²) in [5.41, 5.74) is 7.53. The summed E-state index contributed by atoms with van der Waals surface area (Å²) in [5.74, 6) is 0.940. The average molecular weight is 404 g/mol. The molecule has 0 spiro atoms. The van der Waals surface area contributed by atoms with Gasteiger partial charge in [-0.3, -0.25) is 4.42 Å². The van der Waals surface area contributed by atoms with E-state index in [1.165, 1.54) is 40.5 Å². The van der Waals surface area contributed by atoms with Crippen LogP contribution >= 0.6 is 0 Å². The Bertz CT molecular complexity index is 884. The monoisotopic (exact) mass is 404 g/mol. The Morgan fingerprint density at radius 2 is 1.88 bits per heavy atom. The Hall–Kier alpha value is -1.05. The molecule has 4 rings (SSSR count). The number of aryl methyl sites for hydroxylation is 4. The van der Waals surface area contributed by atoms with Crippen LogP contribution < -0.4 is 0 Å². The van der Waals surface area contributed by atoms with Gasteiger partial charge < -0.3 is 6.92 Å². The summed E-state index contributed by atoms with van der Waals surface area (Å²) in [6, 6.07) is 16.2. The zero-order valence-electron chi connectivity index (χ0n) is 14.9. The van der Waals surface area contributed by atoms with E-state index >= 15 is 0 Å². The summed E-state index contributed by atoms with van der Waals surface area (Å²) < 4.78 is 6.42. The average Bonchev–Trinajstić information content (AvgIpc) is 2.62. The van der Waals surface area contributed by atoms with Gasteiger partial charge >= 0.3 is 5.76 Å². The van der Waals surface area contributed by atoms with Crippen molar-refractivity contribution in [2.24, 2.45) is 0 Å². The molecule has 0 saturated heterocycles. The van der Waals surface area contributed by atoms with Crippen LogP contribution in [-0.4, -0.2) is 0 Å². The van der Waals surface area contributed by atoms with Crippen molar-refractivity contribution in [1.82, 2.24) is 0 Å². The molecule has 1 radical (unpaired) electrons. The summed E-state index contributed by atoms with van der Waals surface area (Å²) in [7, 11) is 0. The molecule has 0 saturated carbocycles. The van der Waals surface area contributed by atoms with Crippen molar-refractivity contribution in [1.29, 1.82) is 0 Å². The fraction of sp³-hybridized carbons (Fsp3) is 0.304. The molecule has 1 aliphatic carbocycles. The Labute approximate surface area is 175 Å². The molecule has 0 bridgehead atoms. The summed E-state index contributed by atoms with van der Waals surface area (Å²) in [6.07, 6.45) is 6.63. The van der Waals surface area contributed by atoms with Gasteiger partial charge in [0.05, 0.1) is 5.56 Å². The van der Waals surface area contributed by atoms with Gasteiger partial charge in [-0.2, -0.15) is 18.1 Å². The summed E-state index contributed by atoms with van der Waals surface area (Å²) in [5, 5.41) is 1.33. The van der Waals surface area contributed by atoms with Crippen LogP contribution in [0.1, 0.15) is 41.5 Å². The Morgan fingerprint density at radius 1 is 1.12 bits per heavy atom. The van der Waals surface area contributed by atoms with Gasteiger partial charge in [-0.15, -0.1) is 5.56 Å². The zero-order valence-corrected chi connectivity index (χ0v) is 17.7. The SMILES string of the molecule is [CH2-]CCc1[c-]c2c(c3c(C)cc(-c4ccccc4)[o+]c13)CCCC2.[Y]. The summed E-state index contributed by atoms with van der Waals surface area (Å²) in [4.78, 5) is 0. The van der Waals surface area contributed by atoms with Gasteiger partial charge in [-0.1, -0.05) is 55.9 Å². The third-order valence-electron chi connectivity index (χ3n) is 5.01. The van der Waals surface area contributed by atoms with E-state index in [1.807, 2.05) is 6.07 Å². The molecule has 25 heavy (non-hydrogen) atoms. The molecule has 0 atom stereocenters. The minimum atomic E-state index is 0. The topological polar surface area (TPSA) is 11.3 Å². The van der Waals surface area contributed by atoms with Crippen molar-refractivity contribution in [3.05, 3.63) is 71.6 Å². The van der Waals surface area contributed by atoms with Crippen molar-refractivity contribution < 1.29 is 37.1 Å². The molecule has 125 valence electrons. The Kier molecular flexibility index (Phi) is 6.07. The molecule has 2 aromatic carbocycles. The van der Waals surface area contributed by atoms with E-state index in [4.69, 9.17) is 4.42 Å². The maximum absolute atomic E-state index is 6.42. The van der Waals surface area contributed by atoms with Crippen LogP contribution in [0, 0.1) is 19.9 Å². The molecule has 0 aliphatic heterocycles. The summed E-state index contributed by atoms with van der Waals surface area (Å²) in [6.45, 7) is 6.26. The third-order valence-corrected chi connectivity index (χ3v) is 5.01. The van der Waals surface area contributed by atoms with Crippen LogP contribution in [0.4, 0.5) is 0 Å². The molecule has 1 nitrogen and oxygen atoms in total. The first-order valence-corrected chi connectivity index (χ1v) is 8.96. The molecule has 0 unspecified atom stereocenters. The molecular formula is C23H23OY-. The van der Waals surface area contributed by atoms with Gasteiger partial charge in [-0.05, 0) is 30.0 Å². The zero-order chi connectivity index (χ0) is 16.5. The minimum absolute atomic E-state index is 0. The van der Waals surface area contributed by atoms with Crippen LogP contribution in [0.2, 0.25) is 0 Å². The Morgan fingerprint density at radius 3 is 2.64 bits per heavy atom. The molecular weight excluding hydrogens is 381 g/mol. The molecule has 0 N–H and O–H groups in total. The maximum Gasteiger partial charge on any atom is 0.344 e. The molecule has 1 aliphatic rings. The number of fused-ring (bicyclic) bond motifs is 3. The number of hydrogen-bond donors (Lipinski definition) is 0. The Balaban J connectivity index is 0.00000182. The van der Waals surface area contributed by atoms with Gasteiger partial charge in [0.1, 0.15) is 0 Å². The molecule has 1 aromatic heterocycles. The van der Waals surface area contributed by atoms with E-state index < -0.39 is 0 Å².